The number of ether oxygens (including phenoxy) is 1. The van der Waals surface area contributed by atoms with Gasteiger partial charge in [0.25, 0.3) is 0 Å². The average Bonchev–Trinajstić information content (AvgIpc) is 2.48. The van der Waals surface area contributed by atoms with Gasteiger partial charge in [0.1, 0.15) is 5.82 Å². The van der Waals surface area contributed by atoms with E-state index in [-0.39, 0.29) is 5.56 Å². The Morgan fingerprint density at radius 2 is 2.14 bits per heavy atom. The lowest BCUT2D eigenvalue weighted by Gasteiger charge is -2.49. The second kappa shape index (κ2) is 6.88. The first-order valence-corrected chi connectivity index (χ1v) is 7.90. The van der Waals surface area contributed by atoms with E-state index in [0.717, 1.165) is 24.9 Å². The molecule has 3 atom stereocenters. The molecule has 0 saturated heterocycles. The van der Waals surface area contributed by atoms with Crippen molar-refractivity contribution < 1.29 is 13.9 Å². The molecule has 1 aromatic rings. The summed E-state index contributed by atoms with van der Waals surface area (Å²) in [5.41, 5.74) is 0.557. The number of carbonyl (C=O) groups is 1. The molecule has 3 unspecified atom stereocenters. The van der Waals surface area contributed by atoms with Crippen molar-refractivity contribution in [3.05, 3.63) is 35.1 Å². The van der Waals surface area contributed by atoms with Gasteiger partial charge in [-0.3, -0.25) is 4.79 Å². The molecule has 0 radical (unpaired) electrons. The van der Waals surface area contributed by atoms with Crippen molar-refractivity contribution in [1.29, 1.82) is 0 Å². The Hall–Kier alpha value is -1.26. The van der Waals surface area contributed by atoms with E-state index in [1.54, 1.807) is 19.2 Å². The zero-order valence-corrected chi connectivity index (χ0v) is 13.9. The van der Waals surface area contributed by atoms with Crippen LogP contribution in [0.4, 0.5) is 4.39 Å². The van der Waals surface area contributed by atoms with Crippen LogP contribution >= 0.6 is 0 Å². The van der Waals surface area contributed by atoms with Crippen LogP contribution in [0.2, 0.25) is 0 Å². The first-order valence-electron chi connectivity index (χ1n) is 7.90. The average molecular weight is 307 g/mol. The lowest BCUT2D eigenvalue weighted by Crippen LogP contribution is -2.49. The van der Waals surface area contributed by atoms with E-state index in [0.29, 0.717) is 18.1 Å². The van der Waals surface area contributed by atoms with Crippen LogP contribution in [-0.4, -0.2) is 38.9 Å². The minimum absolute atomic E-state index is 0.107. The van der Waals surface area contributed by atoms with Gasteiger partial charge in [0, 0.05) is 19.6 Å². The Kier molecular flexibility index (Phi) is 5.35. The van der Waals surface area contributed by atoms with Crippen LogP contribution in [0.5, 0.6) is 0 Å². The third kappa shape index (κ3) is 2.95. The number of carbonyl (C=O) groups excluding carboxylic acids is 1. The molecular formula is C18H26FNO2. The zero-order valence-electron chi connectivity index (χ0n) is 13.9. The monoisotopic (exact) mass is 307 g/mol. The van der Waals surface area contributed by atoms with Crippen LogP contribution in [0.25, 0.3) is 0 Å². The highest BCUT2D eigenvalue weighted by molar-refractivity contribution is 5.75. The minimum atomic E-state index is -0.474. The van der Waals surface area contributed by atoms with Crippen molar-refractivity contribution >= 4 is 6.29 Å². The number of benzene rings is 1. The third-order valence-electron chi connectivity index (χ3n) is 5.03. The van der Waals surface area contributed by atoms with Crippen molar-refractivity contribution in [3.8, 4) is 0 Å². The summed E-state index contributed by atoms with van der Waals surface area (Å²) >= 11 is 0. The van der Waals surface area contributed by atoms with Gasteiger partial charge in [-0.05, 0) is 50.6 Å². The predicted octanol–water partition coefficient (Wildman–Crippen LogP) is 3.48. The zero-order chi connectivity index (χ0) is 16.3. The summed E-state index contributed by atoms with van der Waals surface area (Å²) in [6.07, 6.45) is 3.90. The molecule has 0 aromatic heterocycles. The molecule has 3 nitrogen and oxygen atoms in total. The topological polar surface area (TPSA) is 29.5 Å². The van der Waals surface area contributed by atoms with E-state index in [1.807, 2.05) is 0 Å². The Morgan fingerprint density at radius 1 is 1.41 bits per heavy atom. The molecule has 122 valence electrons. The van der Waals surface area contributed by atoms with Gasteiger partial charge in [0.2, 0.25) is 0 Å². The Bertz CT molecular complexity index is 532. The maximum Gasteiger partial charge on any atom is 0.153 e. The van der Waals surface area contributed by atoms with E-state index in [2.05, 4.69) is 25.9 Å². The first kappa shape index (κ1) is 17.1. The summed E-state index contributed by atoms with van der Waals surface area (Å²) in [5.74, 6) is 0.167. The lowest BCUT2D eigenvalue weighted by atomic mass is 9.65. The predicted molar refractivity (Wildman–Crippen MR) is 85.5 cm³/mol. The molecule has 0 amide bonds. The summed E-state index contributed by atoms with van der Waals surface area (Å²) in [7, 11) is 5.84. The van der Waals surface area contributed by atoms with Crippen molar-refractivity contribution in [2.75, 3.05) is 27.7 Å². The molecule has 0 bridgehead atoms. The Labute approximate surface area is 132 Å². The van der Waals surface area contributed by atoms with Gasteiger partial charge >= 0.3 is 0 Å². The SMILES string of the molecule is COC1(c2ccc(F)c(C=O)c2)C(C)CCCC1CN(C)C. The van der Waals surface area contributed by atoms with E-state index < -0.39 is 11.4 Å². The van der Waals surface area contributed by atoms with Crippen LogP contribution in [0.1, 0.15) is 42.1 Å². The van der Waals surface area contributed by atoms with Crippen LogP contribution < -0.4 is 0 Å². The van der Waals surface area contributed by atoms with E-state index in [4.69, 9.17) is 4.74 Å². The van der Waals surface area contributed by atoms with E-state index >= 15 is 0 Å². The molecule has 1 saturated carbocycles. The number of hydrogen-bond acceptors (Lipinski definition) is 3. The van der Waals surface area contributed by atoms with Crippen molar-refractivity contribution in [1.82, 2.24) is 4.90 Å². The molecule has 0 heterocycles. The molecule has 0 aliphatic heterocycles. The molecule has 22 heavy (non-hydrogen) atoms. The summed E-state index contributed by atoms with van der Waals surface area (Å²) in [6, 6.07) is 4.82. The van der Waals surface area contributed by atoms with Gasteiger partial charge in [-0.25, -0.2) is 4.39 Å². The summed E-state index contributed by atoms with van der Waals surface area (Å²) < 4.78 is 19.8. The van der Waals surface area contributed by atoms with Crippen molar-refractivity contribution in [3.63, 3.8) is 0 Å². The number of rotatable bonds is 5. The number of aldehydes is 1. The Balaban J connectivity index is 2.52. The van der Waals surface area contributed by atoms with Crippen molar-refractivity contribution in [2.24, 2.45) is 11.8 Å². The standard InChI is InChI=1S/C18H26FNO2/c1-13-6-5-7-16(11-20(2)3)18(13,22-4)15-8-9-17(19)14(10-15)12-21/h8-10,12-13,16H,5-7,11H2,1-4H3. The van der Waals surface area contributed by atoms with Gasteiger partial charge in [0.15, 0.2) is 6.29 Å². The fourth-order valence-corrected chi connectivity index (χ4v) is 4.05. The van der Waals surface area contributed by atoms with Gasteiger partial charge < -0.3 is 9.64 Å². The van der Waals surface area contributed by atoms with Crippen LogP contribution in [0.3, 0.4) is 0 Å². The summed E-state index contributed by atoms with van der Waals surface area (Å²) in [6.45, 7) is 3.10. The van der Waals surface area contributed by atoms with Gasteiger partial charge in [-0.1, -0.05) is 19.4 Å². The van der Waals surface area contributed by atoms with E-state index in [1.165, 1.54) is 12.5 Å². The van der Waals surface area contributed by atoms with Crippen LogP contribution in [0.15, 0.2) is 18.2 Å². The highest BCUT2D eigenvalue weighted by Gasteiger charge is 2.47. The van der Waals surface area contributed by atoms with Gasteiger partial charge in [-0.15, -0.1) is 0 Å². The second-order valence-electron chi connectivity index (χ2n) is 6.64. The highest BCUT2D eigenvalue weighted by atomic mass is 19.1. The number of methoxy groups -OCH3 is 1. The third-order valence-corrected chi connectivity index (χ3v) is 5.03. The molecule has 4 heteroatoms. The summed E-state index contributed by atoms with van der Waals surface area (Å²) in [4.78, 5) is 13.3. The molecule has 0 N–H and O–H groups in total. The highest BCUT2D eigenvalue weighted by Crippen LogP contribution is 2.48. The normalized spacial score (nSPS) is 28.8. The van der Waals surface area contributed by atoms with Gasteiger partial charge in [-0.2, -0.15) is 0 Å². The van der Waals surface area contributed by atoms with Crippen LogP contribution in [0, 0.1) is 17.7 Å². The molecule has 1 aliphatic rings. The van der Waals surface area contributed by atoms with Crippen molar-refractivity contribution in [2.45, 2.75) is 31.8 Å². The minimum Gasteiger partial charge on any atom is -0.373 e. The van der Waals surface area contributed by atoms with Crippen LogP contribution in [-0.2, 0) is 10.3 Å². The van der Waals surface area contributed by atoms with E-state index in [9.17, 15) is 9.18 Å². The lowest BCUT2D eigenvalue weighted by molar-refractivity contribution is -0.130. The quantitative estimate of drug-likeness (QED) is 0.780. The number of halogens is 1. The fraction of sp³-hybridized carbons (Fsp3) is 0.611. The molecular weight excluding hydrogens is 281 g/mol. The molecule has 2 rings (SSSR count). The Morgan fingerprint density at radius 3 is 2.73 bits per heavy atom. The summed E-state index contributed by atoms with van der Waals surface area (Å²) in [5, 5.41) is 0. The first-order chi connectivity index (χ1) is 10.5. The fourth-order valence-electron chi connectivity index (χ4n) is 4.05. The number of hydrogen-bond donors (Lipinski definition) is 0. The molecule has 1 fully saturated rings. The largest absolute Gasteiger partial charge is 0.373 e. The maximum absolute atomic E-state index is 13.7. The smallest absolute Gasteiger partial charge is 0.153 e. The number of nitrogens with zero attached hydrogens (tertiary/aromatic N) is 1. The second-order valence-corrected chi connectivity index (χ2v) is 6.64. The van der Waals surface area contributed by atoms with Gasteiger partial charge in [0.05, 0.1) is 11.2 Å². The molecule has 1 aliphatic carbocycles. The molecule has 0 spiro atoms. The maximum atomic E-state index is 13.7. The molecule has 1 aromatic carbocycles.